The smallest absolute Gasteiger partial charge is 0.407 e. The number of rotatable bonds is 16. The van der Waals surface area contributed by atoms with Gasteiger partial charge in [-0.2, -0.15) is 0 Å². The topological polar surface area (TPSA) is 181 Å². The fourth-order valence-electron chi connectivity index (χ4n) is 5.54. The van der Waals surface area contributed by atoms with Crippen molar-refractivity contribution in [3.05, 3.63) is 59.7 Å². The van der Waals surface area contributed by atoms with E-state index in [1.165, 1.54) is 0 Å². The quantitative estimate of drug-likeness (QED) is 0.106. The predicted octanol–water partition coefficient (Wildman–Crippen LogP) is 5.85. The molecule has 2 atom stereocenters. The van der Waals surface area contributed by atoms with Crippen molar-refractivity contribution in [1.29, 1.82) is 0 Å². The van der Waals surface area contributed by atoms with Gasteiger partial charge in [-0.25, -0.2) is 19.2 Å². The molecule has 0 aliphatic heterocycles. The van der Waals surface area contributed by atoms with Gasteiger partial charge in [-0.15, -0.1) is 0 Å². The van der Waals surface area contributed by atoms with Crippen LogP contribution in [0, 0.1) is 0 Å². The van der Waals surface area contributed by atoms with Crippen molar-refractivity contribution in [1.82, 2.24) is 21.3 Å². The molecule has 3 rings (SSSR count). The number of unbranched alkanes of at least 4 members (excludes halogenated alkanes) is 2. The summed E-state index contributed by atoms with van der Waals surface area (Å²) >= 11 is 0. The molecular formula is C37H52N4O9. The Kier molecular flexibility index (Phi) is 14.5. The Labute approximate surface area is 294 Å². The highest BCUT2D eigenvalue weighted by Gasteiger charge is 2.31. The molecule has 50 heavy (non-hydrogen) atoms. The van der Waals surface area contributed by atoms with Crippen LogP contribution in [0.1, 0.15) is 97.1 Å². The number of hydrogen-bond donors (Lipinski definition) is 5. The first-order chi connectivity index (χ1) is 23.5. The van der Waals surface area contributed by atoms with Crippen LogP contribution in [-0.4, -0.2) is 78.2 Å². The fourth-order valence-corrected chi connectivity index (χ4v) is 5.54. The third-order valence-electron chi connectivity index (χ3n) is 7.74. The van der Waals surface area contributed by atoms with Crippen LogP contribution in [0.25, 0.3) is 11.1 Å². The van der Waals surface area contributed by atoms with E-state index in [1.807, 2.05) is 48.5 Å². The molecule has 0 radical (unpaired) electrons. The Balaban J connectivity index is 1.58. The normalized spacial score (nSPS) is 13.6. The Morgan fingerprint density at radius 3 is 1.58 bits per heavy atom. The van der Waals surface area contributed by atoms with Crippen LogP contribution in [0.5, 0.6) is 0 Å². The van der Waals surface area contributed by atoms with E-state index < -0.39 is 53.4 Å². The number of ether oxygens (including phenoxy) is 3. The highest BCUT2D eigenvalue weighted by Crippen LogP contribution is 2.44. The number of nitrogens with one attached hydrogen (secondary N) is 4. The van der Waals surface area contributed by atoms with E-state index in [4.69, 9.17) is 14.2 Å². The van der Waals surface area contributed by atoms with Gasteiger partial charge < -0.3 is 40.6 Å². The van der Waals surface area contributed by atoms with Crippen LogP contribution in [0.15, 0.2) is 48.5 Å². The van der Waals surface area contributed by atoms with Crippen molar-refractivity contribution in [2.75, 3.05) is 19.7 Å². The van der Waals surface area contributed by atoms with Crippen molar-refractivity contribution in [2.45, 2.75) is 109 Å². The molecule has 274 valence electrons. The minimum atomic E-state index is -1.22. The summed E-state index contributed by atoms with van der Waals surface area (Å²) in [4.78, 5) is 62.4. The molecule has 0 saturated carbocycles. The number of carbonyl (C=O) groups is 5. The van der Waals surface area contributed by atoms with E-state index in [2.05, 4.69) is 21.3 Å². The summed E-state index contributed by atoms with van der Waals surface area (Å²) in [5.41, 5.74) is 2.96. The number of carboxylic acids is 1. The molecule has 0 fully saturated rings. The second kappa shape index (κ2) is 18.3. The second-order valence-electron chi connectivity index (χ2n) is 14.3. The van der Waals surface area contributed by atoms with Gasteiger partial charge in [0.15, 0.2) is 0 Å². The predicted molar refractivity (Wildman–Crippen MR) is 188 cm³/mol. The number of alkyl carbamates (subject to hydrolysis) is 3. The molecule has 1 aliphatic rings. The van der Waals surface area contributed by atoms with Gasteiger partial charge >= 0.3 is 24.2 Å². The molecule has 4 amide bonds. The Morgan fingerprint density at radius 1 is 0.660 bits per heavy atom. The summed E-state index contributed by atoms with van der Waals surface area (Å²) < 4.78 is 16.1. The molecule has 5 N–H and O–H groups in total. The van der Waals surface area contributed by atoms with Crippen molar-refractivity contribution in [3.8, 4) is 11.1 Å². The summed E-state index contributed by atoms with van der Waals surface area (Å²) in [6.45, 7) is 11.1. The van der Waals surface area contributed by atoms with Gasteiger partial charge in [0, 0.05) is 19.0 Å². The third-order valence-corrected chi connectivity index (χ3v) is 7.74. The molecule has 1 aliphatic carbocycles. The molecule has 0 heterocycles. The summed E-state index contributed by atoms with van der Waals surface area (Å²) in [6.07, 6.45) is 0.0942. The van der Waals surface area contributed by atoms with E-state index in [9.17, 15) is 29.1 Å². The van der Waals surface area contributed by atoms with Gasteiger partial charge in [-0.3, -0.25) is 4.79 Å². The van der Waals surface area contributed by atoms with Gasteiger partial charge in [0.2, 0.25) is 5.91 Å². The monoisotopic (exact) mass is 696 g/mol. The number of aliphatic carboxylic acids is 1. The third kappa shape index (κ3) is 13.2. The van der Waals surface area contributed by atoms with E-state index in [0.29, 0.717) is 25.7 Å². The van der Waals surface area contributed by atoms with Crippen LogP contribution in [0.4, 0.5) is 14.4 Å². The second-order valence-corrected chi connectivity index (χ2v) is 14.3. The van der Waals surface area contributed by atoms with Crippen LogP contribution in [0.2, 0.25) is 0 Å². The minimum absolute atomic E-state index is 0.0447. The van der Waals surface area contributed by atoms with E-state index in [-0.39, 0.29) is 38.5 Å². The van der Waals surface area contributed by atoms with Crippen molar-refractivity contribution in [3.63, 3.8) is 0 Å². The maximum absolute atomic E-state index is 13.4. The highest BCUT2D eigenvalue weighted by atomic mass is 16.6. The molecule has 0 unspecified atom stereocenters. The lowest BCUT2D eigenvalue weighted by Gasteiger charge is -2.22. The van der Waals surface area contributed by atoms with E-state index in [0.717, 1.165) is 22.3 Å². The van der Waals surface area contributed by atoms with Gasteiger partial charge in [0.05, 0.1) is 0 Å². The van der Waals surface area contributed by atoms with Crippen LogP contribution >= 0.6 is 0 Å². The number of hydrogen-bond acceptors (Lipinski definition) is 8. The van der Waals surface area contributed by atoms with Crippen LogP contribution < -0.4 is 21.3 Å². The summed E-state index contributed by atoms with van der Waals surface area (Å²) in [5.74, 6) is -2.07. The standard InChI is InChI=1S/C37H52N4O9/c1-36(2,3)49-33(45)38-21-13-11-19-29(31(42)40-30(32(43)44)20-12-14-22-39-34(46)50-37(4,5)6)41-35(47)48-23-28-26-17-9-7-15-24(26)25-16-8-10-18-27(25)28/h7-10,15-18,28-30H,11-14,19-23H2,1-6H3,(H,38,45)(H,39,46)(H,40,42)(H,41,47)(H,43,44)/t29-,30-/m1/s1. The van der Waals surface area contributed by atoms with Crippen LogP contribution in [0.3, 0.4) is 0 Å². The lowest BCUT2D eigenvalue weighted by atomic mass is 9.98. The van der Waals surface area contributed by atoms with Crippen LogP contribution in [-0.2, 0) is 23.8 Å². The largest absolute Gasteiger partial charge is 0.480 e. The first kappa shape index (κ1) is 39.6. The average Bonchev–Trinajstić information content (AvgIpc) is 3.34. The van der Waals surface area contributed by atoms with Crippen molar-refractivity contribution in [2.24, 2.45) is 0 Å². The number of amides is 4. The Bertz CT molecular complexity index is 1440. The number of benzene rings is 2. The fraction of sp³-hybridized carbons (Fsp3) is 0.541. The number of fused-ring (bicyclic) bond motifs is 3. The van der Waals surface area contributed by atoms with E-state index in [1.54, 1.807) is 41.5 Å². The van der Waals surface area contributed by atoms with E-state index >= 15 is 0 Å². The van der Waals surface area contributed by atoms with Crippen molar-refractivity contribution < 1.29 is 43.3 Å². The highest BCUT2D eigenvalue weighted by molar-refractivity contribution is 5.89. The molecule has 13 heteroatoms. The molecule has 0 spiro atoms. The Morgan fingerprint density at radius 2 is 1.12 bits per heavy atom. The van der Waals surface area contributed by atoms with Gasteiger partial charge in [-0.1, -0.05) is 48.5 Å². The zero-order valence-corrected chi connectivity index (χ0v) is 29.9. The first-order valence-corrected chi connectivity index (χ1v) is 17.1. The zero-order chi connectivity index (χ0) is 36.9. The molecule has 0 saturated heterocycles. The summed E-state index contributed by atoms with van der Waals surface area (Å²) in [6, 6.07) is 13.5. The SMILES string of the molecule is CC(C)(C)OC(=O)NCCCC[C@@H](NC(=O)[C@@H](CCCCNC(=O)OC(C)(C)C)NC(=O)OCC1c2ccccc2-c2ccccc21)C(=O)O. The minimum Gasteiger partial charge on any atom is -0.480 e. The lowest BCUT2D eigenvalue weighted by Crippen LogP contribution is -2.51. The molecule has 2 aromatic carbocycles. The lowest BCUT2D eigenvalue weighted by molar-refractivity contribution is -0.142. The first-order valence-electron chi connectivity index (χ1n) is 17.1. The molecule has 13 nitrogen and oxygen atoms in total. The summed E-state index contributed by atoms with van der Waals surface area (Å²) in [5, 5.41) is 20.3. The Hall–Kier alpha value is -4.81. The summed E-state index contributed by atoms with van der Waals surface area (Å²) in [7, 11) is 0. The van der Waals surface area contributed by atoms with Gasteiger partial charge in [0.25, 0.3) is 0 Å². The number of carbonyl (C=O) groups excluding carboxylic acids is 4. The number of carboxylic acid groups (broad SMARTS) is 1. The molecular weight excluding hydrogens is 644 g/mol. The average molecular weight is 697 g/mol. The van der Waals surface area contributed by atoms with Gasteiger partial charge in [-0.05, 0) is 102 Å². The maximum atomic E-state index is 13.4. The van der Waals surface area contributed by atoms with Gasteiger partial charge in [0.1, 0.15) is 29.9 Å². The molecule has 0 bridgehead atoms. The zero-order valence-electron chi connectivity index (χ0n) is 29.9. The van der Waals surface area contributed by atoms with Crippen molar-refractivity contribution >= 4 is 30.2 Å². The molecule has 2 aromatic rings. The molecule has 0 aromatic heterocycles. The maximum Gasteiger partial charge on any atom is 0.407 e.